The summed E-state index contributed by atoms with van der Waals surface area (Å²) in [6.07, 6.45) is 6.65. The number of nitrogens with one attached hydrogen (secondary N) is 1. The predicted molar refractivity (Wildman–Crippen MR) is 66.7 cm³/mol. The third kappa shape index (κ3) is 5.83. The average molecular weight is 229 g/mol. The Kier molecular flexibility index (Phi) is 7.81. The van der Waals surface area contributed by atoms with E-state index in [4.69, 9.17) is 9.47 Å². The first-order valence-electron chi connectivity index (χ1n) is 6.64. The maximum atomic E-state index is 5.51. The molecule has 0 aromatic heterocycles. The molecule has 0 bridgehead atoms. The van der Waals surface area contributed by atoms with Crippen LogP contribution < -0.4 is 5.32 Å². The number of hydrogen-bond acceptors (Lipinski definition) is 3. The van der Waals surface area contributed by atoms with Gasteiger partial charge in [-0.15, -0.1) is 0 Å². The van der Waals surface area contributed by atoms with E-state index in [9.17, 15) is 0 Å². The van der Waals surface area contributed by atoms with E-state index in [1.54, 1.807) is 7.11 Å². The van der Waals surface area contributed by atoms with Gasteiger partial charge in [0, 0.05) is 32.9 Å². The molecule has 1 aliphatic rings. The van der Waals surface area contributed by atoms with Gasteiger partial charge in [0.2, 0.25) is 0 Å². The van der Waals surface area contributed by atoms with Gasteiger partial charge in [-0.2, -0.15) is 0 Å². The van der Waals surface area contributed by atoms with E-state index in [0.29, 0.717) is 6.04 Å². The number of rotatable bonds is 9. The Balaban J connectivity index is 1.86. The topological polar surface area (TPSA) is 30.5 Å². The number of ether oxygens (including phenoxy) is 2. The number of hydrogen-bond donors (Lipinski definition) is 1. The lowest BCUT2D eigenvalue weighted by Crippen LogP contribution is -2.34. The van der Waals surface area contributed by atoms with Crippen molar-refractivity contribution in [2.45, 2.75) is 45.1 Å². The summed E-state index contributed by atoms with van der Waals surface area (Å²) in [5.41, 5.74) is 0. The summed E-state index contributed by atoms with van der Waals surface area (Å²) in [6, 6.07) is 0.657. The van der Waals surface area contributed by atoms with Gasteiger partial charge >= 0.3 is 0 Å². The van der Waals surface area contributed by atoms with Gasteiger partial charge in [-0.05, 0) is 32.1 Å². The lowest BCUT2D eigenvalue weighted by atomic mass is 10.00. The van der Waals surface area contributed by atoms with Crippen LogP contribution in [-0.4, -0.2) is 39.5 Å². The van der Waals surface area contributed by atoms with E-state index in [1.807, 2.05) is 0 Å². The zero-order valence-electron chi connectivity index (χ0n) is 10.8. The Morgan fingerprint density at radius 3 is 2.62 bits per heavy atom. The summed E-state index contributed by atoms with van der Waals surface area (Å²) in [5.74, 6) is 0.897. The maximum absolute atomic E-state index is 5.51. The van der Waals surface area contributed by atoms with Crippen LogP contribution in [0.15, 0.2) is 0 Å². The second-order valence-corrected chi connectivity index (χ2v) is 4.75. The number of methoxy groups -OCH3 is 1. The lowest BCUT2D eigenvalue weighted by Gasteiger charge is -2.20. The fraction of sp³-hybridized carbons (Fsp3) is 1.00. The Bertz CT molecular complexity index is 158. The maximum Gasteiger partial charge on any atom is 0.0591 e. The van der Waals surface area contributed by atoms with Gasteiger partial charge in [-0.3, -0.25) is 0 Å². The van der Waals surface area contributed by atoms with Crippen LogP contribution in [0.25, 0.3) is 0 Å². The van der Waals surface area contributed by atoms with Gasteiger partial charge in [-0.1, -0.05) is 12.8 Å². The van der Waals surface area contributed by atoms with E-state index in [-0.39, 0.29) is 0 Å². The van der Waals surface area contributed by atoms with Gasteiger partial charge in [0.1, 0.15) is 0 Å². The van der Waals surface area contributed by atoms with Crippen LogP contribution in [0, 0.1) is 5.92 Å². The summed E-state index contributed by atoms with van der Waals surface area (Å²) in [7, 11) is 1.73. The Morgan fingerprint density at radius 1 is 1.19 bits per heavy atom. The van der Waals surface area contributed by atoms with Crippen LogP contribution in [0.2, 0.25) is 0 Å². The highest BCUT2D eigenvalue weighted by Gasteiger charge is 2.20. The highest BCUT2D eigenvalue weighted by molar-refractivity contribution is 4.76. The van der Waals surface area contributed by atoms with Crippen LogP contribution in [0.3, 0.4) is 0 Å². The van der Waals surface area contributed by atoms with Crippen molar-refractivity contribution in [1.82, 2.24) is 5.32 Å². The minimum absolute atomic E-state index is 0.657. The summed E-state index contributed by atoms with van der Waals surface area (Å²) >= 11 is 0. The molecule has 1 saturated carbocycles. The van der Waals surface area contributed by atoms with Gasteiger partial charge in [0.05, 0.1) is 6.61 Å². The van der Waals surface area contributed by atoms with Crippen molar-refractivity contribution < 1.29 is 9.47 Å². The molecule has 0 amide bonds. The standard InChI is InChI=1S/C13H27NO2/c1-12(13-6-3-4-7-13)14-8-11-16-10-5-9-15-2/h12-14H,3-11H2,1-2H3. The lowest BCUT2D eigenvalue weighted by molar-refractivity contribution is 0.102. The van der Waals surface area contributed by atoms with E-state index in [0.717, 1.165) is 38.7 Å². The quantitative estimate of drug-likeness (QED) is 0.615. The largest absolute Gasteiger partial charge is 0.385 e. The van der Waals surface area contributed by atoms with Gasteiger partial charge < -0.3 is 14.8 Å². The molecule has 0 saturated heterocycles. The molecule has 1 atom stereocenters. The van der Waals surface area contributed by atoms with E-state index in [1.165, 1.54) is 25.7 Å². The van der Waals surface area contributed by atoms with Crippen molar-refractivity contribution in [1.29, 1.82) is 0 Å². The average Bonchev–Trinajstić information content (AvgIpc) is 2.81. The Morgan fingerprint density at radius 2 is 1.94 bits per heavy atom. The molecule has 1 N–H and O–H groups in total. The van der Waals surface area contributed by atoms with Crippen molar-refractivity contribution in [3.63, 3.8) is 0 Å². The SMILES string of the molecule is COCCCOCCNC(C)C1CCCC1. The summed E-state index contributed by atoms with van der Waals surface area (Å²) in [5, 5.41) is 3.56. The highest BCUT2D eigenvalue weighted by Crippen LogP contribution is 2.27. The van der Waals surface area contributed by atoms with E-state index in [2.05, 4.69) is 12.2 Å². The van der Waals surface area contributed by atoms with Crippen molar-refractivity contribution in [3.8, 4) is 0 Å². The summed E-state index contributed by atoms with van der Waals surface area (Å²) in [6.45, 7) is 5.71. The molecule has 0 aromatic rings. The molecule has 0 aromatic carbocycles. The fourth-order valence-electron chi connectivity index (χ4n) is 2.39. The van der Waals surface area contributed by atoms with Crippen molar-refractivity contribution >= 4 is 0 Å². The van der Waals surface area contributed by atoms with Crippen LogP contribution in [0.1, 0.15) is 39.0 Å². The second-order valence-electron chi connectivity index (χ2n) is 4.75. The summed E-state index contributed by atoms with van der Waals surface area (Å²) < 4.78 is 10.5. The molecule has 0 aliphatic heterocycles. The molecule has 1 aliphatic carbocycles. The molecular weight excluding hydrogens is 202 g/mol. The molecule has 0 spiro atoms. The first-order chi connectivity index (χ1) is 7.84. The minimum atomic E-state index is 0.657. The Hall–Kier alpha value is -0.120. The molecule has 96 valence electrons. The van der Waals surface area contributed by atoms with Crippen molar-refractivity contribution in [2.24, 2.45) is 5.92 Å². The molecule has 1 fully saturated rings. The normalized spacial score (nSPS) is 19.1. The van der Waals surface area contributed by atoms with Crippen molar-refractivity contribution in [2.75, 3.05) is 33.5 Å². The fourth-order valence-corrected chi connectivity index (χ4v) is 2.39. The van der Waals surface area contributed by atoms with Gasteiger partial charge in [0.15, 0.2) is 0 Å². The van der Waals surface area contributed by atoms with Crippen LogP contribution in [0.5, 0.6) is 0 Å². The van der Waals surface area contributed by atoms with Crippen LogP contribution >= 0.6 is 0 Å². The predicted octanol–water partition coefficient (Wildman–Crippen LogP) is 2.21. The third-order valence-corrected chi connectivity index (χ3v) is 3.46. The zero-order chi connectivity index (χ0) is 11.6. The molecule has 1 unspecified atom stereocenters. The smallest absolute Gasteiger partial charge is 0.0591 e. The Labute approximate surface area is 99.9 Å². The van der Waals surface area contributed by atoms with E-state index < -0.39 is 0 Å². The summed E-state index contributed by atoms with van der Waals surface area (Å²) in [4.78, 5) is 0. The van der Waals surface area contributed by atoms with E-state index >= 15 is 0 Å². The monoisotopic (exact) mass is 229 g/mol. The minimum Gasteiger partial charge on any atom is -0.385 e. The molecule has 0 heterocycles. The molecule has 0 radical (unpaired) electrons. The zero-order valence-corrected chi connectivity index (χ0v) is 10.8. The first kappa shape index (κ1) is 13.9. The third-order valence-electron chi connectivity index (χ3n) is 3.46. The van der Waals surface area contributed by atoms with Gasteiger partial charge in [-0.25, -0.2) is 0 Å². The van der Waals surface area contributed by atoms with Crippen LogP contribution in [-0.2, 0) is 9.47 Å². The molecule has 3 heteroatoms. The first-order valence-corrected chi connectivity index (χ1v) is 6.64. The molecule has 16 heavy (non-hydrogen) atoms. The van der Waals surface area contributed by atoms with Crippen LogP contribution in [0.4, 0.5) is 0 Å². The molecule has 1 rings (SSSR count). The highest BCUT2D eigenvalue weighted by atomic mass is 16.5. The second kappa shape index (κ2) is 8.97. The molecular formula is C13H27NO2. The van der Waals surface area contributed by atoms with Crippen molar-refractivity contribution in [3.05, 3.63) is 0 Å². The van der Waals surface area contributed by atoms with Gasteiger partial charge in [0.25, 0.3) is 0 Å². The molecule has 3 nitrogen and oxygen atoms in total.